The molecular formula is C21H21ClN3O6PS. The molecule has 1 aromatic heterocycles. The van der Waals surface area contributed by atoms with Crippen molar-refractivity contribution < 1.29 is 26.8 Å². The monoisotopic (exact) mass is 509 g/mol. The van der Waals surface area contributed by atoms with Gasteiger partial charge in [0.05, 0.1) is 16.8 Å². The summed E-state index contributed by atoms with van der Waals surface area (Å²) in [5.41, 5.74) is 6.81. The number of aromatic nitrogens is 2. The Labute approximate surface area is 196 Å². The summed E-state index contributed by atoms with van der Waals surface area (Å²) in [7, 11) is -5.46. The standard InChI is InChI=1S/C21H21ClN3O6PS/c1-30-32(27,31-2)13-33(28,29)17-9-3-14(4-10-17)11-19(26)20-21(23)24-12-18(25-20)15-5-7-16(22)8-6-15/h3-10,12H,11,13H2,1-2H3,(H2,23,24). The second-order valence-electron chi connectivity index (χ2n) is 6.96. The quantitative estimate of drug-likeness (QED) is 0.334. The van der Waals surface area contributed by atoms with Crippen molar-refractivity contribution in [1.82, 2.24) is 9.97 Å². The highest BCUT2D eigenvalue weighted by molar-refractivity contribution is 7.97. The molecule has 0 aliphatic carbocycles. The lowest BCUT2D eigenvalue weighted by atomic mass is 10.1. The summed E-state index contributed by atoms with van der Waals surface area (Å²) >= 11 is 5.91. The van der Waals surface area contributed by atoms with Gasteiger partial charge in [0.15, 0.2) is 26.9 Å². The summed E-state index contributed by atoms with van der Waals surface area (Å²) in [6, 6.07) is 12.5. The van der Waals surface area contributed by atoms with E-state index in [0.717, 1.165) is 19.8 Å². The number of nitrogens with two attached hydrogens (primary N) is 1. The molecule has 0 spiro atoms. The first kappa shape index (κ1) is 25.0. The first-order chi connectivity index (χ1) is 15.6. The molecule has 0 amide bonds. The smallest absolute Gasteiger partial charge is 0.345 e. The SMILES string of the molecule is COP(=O)(CS(=O)(=O)c1ccc(CC(=O)c2nc(-c3ccc(Cl)cc3)cnc2N)cc1)OC. The van der Waals surface area contributed by atoms with Crippen molar-refractivity contribution >= 4 is 40.6 Å². The maximum absolute atomic E-state index is 12.8. The number of anilines is 1. The first-order valence-corrected chi connectivity index (χ1v) is 13.3. The Balaban J connectivity index is 1.79. The van der Waals surface area contributed by atoms with Gasteiger partial charge in [0.1, 0.15) is 5.69 Å². The molecule has 2 aromatic carbocycles. The van der Waals surface area contributed by atoms with Gasteiger partial charge in [0, 0.05) is 31.2 Å². The molecule has 12 heteroatoms. The zero-order chi connectivity index (χ0) is 24.2. The molecule has 3 rings (SSSR count). The van der Waals surface area contributed by atoms with Gasteiger partial charge in [-0.25, -0.2) is 18.4 Å². The number of Topliss-reactive ketones (excluding diaryl/α,β-unsaturated/α-hetero) is 1. The van der Waals surface area contributed by atoms with E-state index in [4.69, 9.17) is 26.4 Å². The van der Waals surface area contributed by atoms with Crippen LogP contribution in [-0.2, 0) is 29.9 Å². The predicted octanol–water partition coefficient (Wildman–Crippen LogP) is 4.02. The normalized spacial score (nSPS) is 12.0. The van der Waals surface area contributed by atoms with Crippen LogP contribution < -0.4 is 5.73 Å². The molecule has 1 heterocycles. The lowest BCUT2D eigenvalue weighted by Crippen LogP contribution is -2.12. The fraction of sp³-hybridized carbons (Fsp3) is 0.190. The minimum absolute atomic E-state index is 0.00760. The molecule has 0 unspecified atom stereocenters. The molecule has 3 aromatic rings. The average Bonchev–Trinajstić information content (AvgIpc) is 2.80. The van der Waals surface area contributed by atoms with E-state index in [1.165, 1.54) is 30.5 Å². The molecule has 0 saturated heterocycles. The molecule has 0 fully saturated rings. The molecule has 0 aliphatic heterocycles. The van der Waals surface area contributed by atoms with Gasteiger partial charge in [0.25, 0.3) is 0 Å². The molecule has 0 saturated carbocycles. The number of nitrogens with zero attached hydrogens (tertiary/aromatic N) is 2. The zero-order valence-electron chi connectivity index (χ0n) is 17.8. The van der Waals surface area contributed by atoms with E-state index in [-0.39, 0.29) is 28.6 Å². The molecule has 174 valence electrons. The molecular weight excluding hydrogens is 489 g/mol. The fourth-order valence-corrected chi connectivity index (χ4v) is 6.84. The third-order valence-corrected chi connectivity index (χ3v) is 9.72. The van der Waals surface area contributed by atoms with E-state index in [0.29, 0.717) is 16.3 Å². The van der Waals surface area contributed by atoms with E-state index in [1.807, 2.05) is 0 Å². The van der Waals surface area contributed by atoms with Gasteiger partial charge in [-0.1, -0.05) is 35.9 Å². The third kappa shape index (κ3) is 6.04. The summed E-state index contributed by atoms with van der Waals surface area (Å²) in [4.78, 5) is 21.2. The maximum Gasteiger partial charge on any atom is 0.345 e. The van der Waals surface area contributed by atoms with Crippen LogP contribution in [0.15, 0.2) is 59.6 Å². The average molecular weight is 510 g/mol. The Hall–Kier alpha value is -2.62. The molecule has 9 nitrogen and oxygen atoms in total. The largest absolute Gasteiger partial charge is 0.382 e. The van der Waals surface area contributed by atoms with Crippen LogP contribution in [0.25, 0.3) is 11.3 Å². The van der Waals surface area contributed by atoms with Crippen LogP contribution in [0.4, 0.5) is 5.82 Å². The van der Waals surface area contributed by atoms with Crippen LogP contribution in [0.5, 0.6) is 0 Å². The minimum atomic E-state index is -3.94. The second kappa shape index (κ2) is 10.1. The van der Waals surface area contributed by atoms with Crippen LogP contribution in [-0.4, -0.2) is 43.9 Å². The van der Waals surface area contributed by atoms with Gasteiger partial charge in [-0.05, 0) is 29.8 Å². The van der Waals surface area contributed by atoms with Crippen molar-refractivity contribution in [1.29, 1.82) is 0 Å². The van der Waals surface area contributed by atoms with Gasteiger partial charge >= 0.3 is 7.60 Å². The van der Waals surface area contributed by atoms with Crippen LogP contribution >= 0.6 is 19.2 Å². The lowest BCUT2D eigenvalue weighted by Gasteiger charge is -2.14. The predicted molar refractivity (Wildman–Crippen MR) is 125 cm³/mol. The highest BCUT2D eigenvalue weighted by atomic mass is 35.5. The highest BCUT2D eigenvalue weighted by Crippen LogP contribution is 2.48. The van der Waals surface area contributed by atoms with Crippen LogP contribution in [0.1, 0.15) is 16.1 Å². The number of nitrogen functional groups attached to an aromatic ring is 1. The number of benzene rings is 2. The summed E-state index contributed by atoms with van der Waals surface area (Å²) in [5, 5.41) is 0.566. The van der Waals surface area contributed by atoms with Crippen LogP contribution in [0.2, 0.25) is 5.02 Å². The van der Waals surface area contributed by atoms with Gasteiger partial charge in [-0.3, -0.25) is 9.36 Å². The van der Waals surface area contributed by atoms with Crippen molar-refractivity contribution in [2.45, 2.75) is 11.3 Å². The Bertz CT molecular complexity index is 1310. The van der Waals surface area contributed by atoms with Crippen molar-refractivity contribution in [3.63, 3.8) is 0 Å². The first-order valence-electron chi connectivity index (χ1n) is 9.51. The summed E-state index contributed by atoms with van der Waals surface area (Å²) in [5.74, 6) is -0.388. The highest BCUT2D eigenvalue weighted by Gasteiger charge is 2.31. The van der Waals surface area contributed by atoms with Crippen molar-refractivity contribution in [2.75, 3.05) is 25.4 Å². The molecule has 0 radical (unpaired) electrons. The molecule has 0 atom stereocenters. The number of rotatable bonds is 9. The number of ketones is 1. The van der Waals surface area contributed by atoms with E-state index >= 15 is 0 Å². The minimum Gasteiger partial charge on any atom is -0.382 e. The number of sulfone groups is 1. The van der Waals surface area contributed by atoms with Gasteiger partial charge in [0.2, 0.25) is 0 Å². The number of carbonyl (C=O) groups is 1. The Kier molecular flexibility index (Phi) is 7.66. The van der Waals surface area contributed by atoms with Gasteiger partial charge in [-0.2, -0.15) is 0 Å². The fourth-order valence-electron chi connectivity index (χ4n) is 2.91. The maximum atomic E-state index is 12.8. The lowest BCUT2D eigenvalue weighted by molar-refractivity contribution is 0.0989. The Morgan fingerprint density at radius 1 is 1.06 bits per heavy atom. The van der Waals surface area contributed by atoms with E-state index in [1.54, 1.807) is 24.3 Å². The summed E-state index contributed by atoms with van der Waals surface area (Å²) < 4.78 is 46.6. The number of hydrogen-bond acceptors (Lipinski definition) is 9. The van der Waals surface area contributed by atoms with Crippen molar-refractivity contribution in [2.24, 2.45) is 0 Å². The molecule has 0 bridgehead atoms. The molecule has 33 heavy (non-hydrogen) atoms. The summed E-state index contributed by atoms with van der Waals surface area (Å²) in [6.07, 6.45) is 1.39. The van der Waals surface area contributed by atoms with Crippen LogP contribution in [0, 0.1) is 0 Å². The van der Waals surface area contributed by atoms with Crippen molar-refractivity contribution in [3.8, 4) is 11.3 Å². The Morgan fingerprint density at radius 2 is 1.67 bits per heavy atom. The topological polar surface area (TPSA) is 139 Å². The summed E-state index contributed by atoms with van der Waals surface area (Å²) in [6.45, 7) is 0. The molecule has 2 N–H and O–H groups in total. The van der Waals surface area contributed by atoms with E-state index < -0.39 is 22.9 Å². The van der Waals surface area contributed by atoms with Gasteiger partial charge in [-0.15, -0.1) is 0 Å². The third-order valence-electron chi connectivity index (χ3n) is 4.74. The second-order valence-corrected chi connectivity index (χ2v) is 12.1. The van der Waals surface area contributed by atoms with Crippen molar-refractivity contribution in [3.05, 3.63) is 71.0 Å². The zero-order valence-corrected chi connectivity index (χ0v) is 20.2. The number of carbonyl (C=O) groups excluding carboxylic acids is 1. The van der Waals surface area contributed by atoms with Crippen LogP contribution in [0.3, 0.4) is 0 Å². The number of hydrogen-bond donors (Lipinski definition) is 1. The Morgan fingerprint density at radius 3 is 2.24 bits per heavy atom. The number of halogens is 1. The van der Waals surface area contributed by atoms with E-state index in [2.05, 4.69) is 9.97 Å². The van der Waals surface area contributed by atoms with Gasteiger partial charge < -0.3 is 14.8 Å². The molecule has 0 aliphatic rings. The van der Waals surface area contributed by atoms with E-state index in [9.17, 15) is 17.8 Å².